The van der Waals surface area contributed by atoms with E-state index >= 15 is 0 Å². The fourth-order valence-electron chi connectivity index (χ4n) is 2.92. The zero-order valence-corrected chi connectivity index (χ0v) is 15.4. The van der Waals surface area contributed by atoms with Gasteiger partial charge in [-0.2, -0.15) is 11.8 Å². The number of rotatable bonds is 6. The van der Waals surface area contributed by atoms with Crippen molar-refractivity contribution in [2.75, 3.05) is 16.4 Å². The van der Waals surface area contributed by atoms with E-state index in [0.29, 0.717) is 28.8 Å². The molecule has 2 aromatic rings. The third-order valence-corrected chi connectivity index (χ3v) is 5.65. The summed E-state index contributed by atoms with van der Waals surface area (Å²) in [5, 5.41) is 9.04. The number of fused-ring (bicyclic) bond motifs is 1. The molecule has 0 aromatic heterocycles. The smallest absolute Gasteiger partial charge is 0.251 e. The Morgan fingerprint density at radius 1 is 1.19 bits per heavy atom. The van der Waals surface area contributed by atoms with Crippen molar-refractivity contribution in [1.82, 2.24) is 5.32 Å². The third kappa shape index (κ3) is 4.42. The van der Waals surface area contributed by atoms with Crippen LogP contribution in [-0.2, 0) is 10.5 Å². The fourth-order valence-corrected chi connectivity index (χ4v) is 3.93. The molecule has 5 nitrogen and oxygen atoms in total. The van der Waals surface area contributed by atoms with E-state index in [4.69, 9.17) is 0 Å². The van der Waals surface area contributed by atoms with Gasteiger partial charge in [-0.25, -0.2) is 4.39 Å². The van der Waals surface area contributed by atoms with Crippen molar-refractivity contribution < 1.29 is 14.0 Å². The second-order valence-corrected chi connectivity index (χ2v) is 7.87. The third-order valence-electron chi connectivity index (χ3n) is 4.54. The van der Waals surface area contributed by atoms with Gasteiger partial charge in [-0.15, -0.1) is 0 Å². The number of anilines is 2. The van der Waals surface area contributed by atoms with E-state index in [-0.39, 0.29) is 23.7 Å². The maximum Gasteiger partial charge on any atom is 0.251 e. The zero-order chi connectivity index (χ0) is 18.8. The number of nitrogens with one attached hydrogen (secondary N) is 3. The molecule has 0 saturated heterocycles. The Bertz CT molecular complexity index is 885. The standard InChI is InChI=1S/C20H20FN3O2S/c21-14-3-1-2-12(8-14)10-27-11-18-20(26)24-17-9-13(4-7-16(17)23-18)19(25)22-15-5-6-15/h1-4,7-9,15,18,23H,5-6,10-11H2,(H,22,25)(H,24,26). The van der Waals surface area contributed by atoms with Gasteiger partial charge in [0.25, 0.3) is 5.91 Å². The first-order valence-corrected chi connectivity index (χ1v) is 10.1. The van der Waals surface area contributed by atoms with Gasteiger partial charge in [0.1, 0.15) is 11.9 Å². The Labute approximate surface area is 161 Å². The molecular formula is C20H20FN3O2S. The molecule has 1 fully saturated rings. The Hall–Kier alpha value is -2.54. The van der Waals surface area contributed by atoms with Crippen LogP contribution in [0.5, 0.6) is 0 Å². The van der Waals surface area contributed by atoms with Crippen molar-refractivity contribution in [3.8, 4) is 0 Å². The molecule has 1 unspecified atom stereocenters. The van der Waals surface area contributed by atoms with Crippen molar-refractivity contribution in [1.29, 1.82) is 0 Å². The molecule has 0 bridgehead atoms. The molecule has 1 heterocycles. The molecule has 2 aromatic carbocycles. The van der Waals surface area contributed by atoms with Gasteiger partial charge >= 0.3 is 0 Å². The normalized spacial score (nSPS) is 18.3. The van der Waals surface area contributed by atoms with Gasteiger partial charge < -0.3 is 16.0 Å². The van der Waals surface area contributed by atoms with Crippen LogP contribution in [0.2, 0.25) is 0 Å². The van der Waals surface area contributed by atoms with Crippen LogP contribution in [0.25, 0.3) is 0 Å². The summed E-state index contributed by atoms with van der Waals surface area (Å²) in [6, 6.07) is 11.7. The van der Waals surface area contributed by atoms with Crippen molar-refractivity contribution >= 4 is 35.0 Å². The van der Waals surface area contributed by atoms with Crippen LogP contribution in [0.1, 0.15) is 28.8 Å². The summed E-state index contributed by atoms with van der Waals surface area (Å²) in [7, 11) is 0. The van der Waals surface area contributed by atoms with Crippen molar-refractivity contribution in [3.63, 3.8) is 0 Å². The van der Waals surface area contributed by atoms with E-state index in [1.165, 1.54) is 12.1 Å². The number of hydrogen-bond acceptors (Lipinski definition) is 4. The molecule has 0 spiro atoms. The average Bonchev–Trinajstić information content (AvgIpc) is 3.46. The molecule has 1 aliphatic heterocycles. The summed E-state index contributed by atoms with van der Waals surface area (Å²) >= 11 is 1.57. The molecule has 2 amide bonds. The molecule has 3 N–H and O–H groups in total. The summed E-state index contributed by atoms with van der Waals surface area (Å²) in [6.45, 7) is 0. The maximum atomic E-state index is 13.2. The lowest BCUT2D eigenvalue weighted by Gasteiger charge is -2.27. The molecule has 1 aliphatic carbocycles. The summed E-state index contributed by atoms with van der Waals surface area (Å²) in [6.07, 6.45) is 2.06. The Balaban J connectivity index is 1.36. The number of thioether (sulfide) groups is 1. The average molecular weight is 385 g/mol. The molecular weight excluding hydrogens is 365 g/mol. The van der Waals surface area contributed by atoms with E-state index in [0.717, 1.165) is 24.1 Å². The van der Waals surface area contributed by atoms with Crippen LogP contribution in [0.4, 0.5) is 15.8 Å². The number of benzene rings is 2. The highest BCUT2D eigenvalue weighted by atomic mass is 32.2. The summed E-state index contributed by atoms with van der Waals surface area (Å²) in [5.74, 6) is 0.704. The number of carbonyl (C=O) groups excluding carboxylic acids is 2. The second kappa shape index (κ2) is 7.60. The van der Waals surface area contributed by atoms with Gasteiger partial charge in [-0.1, -0.05) is 12.1 Å². The molecule has 2 aliphatic rings. The van der Waals surface area contributed by atoms with Crippen molar-refractivity contribution in [2.45, 2.75) is 30.7 Å². The minimum Gasteiger partial charge on any atom is -0.371 e. The lowest BCUT2D eigenvalue weighted by molar-refractivity contribution is -0.116. The highest BCUT2D eigenvalue weighted by molar-refractivity contribution is 7.98. The molecule has 0 radical (unpaired) electrons. The van der Waals surface area contributed by atoms with Gasteiger partial charge in [-0.3, -0.25) is 9.59 Å². The highest BCUT2D eigenvalue weighted by Crippen LogP contribution is 2.29. The van der Waals surface area contributed by atoms with Crippen LogP contribution in [0.3, 0.4) is 0 Å². The molecule has 140 valence electrons. The van der Waals surface area contributed by atoms with Crippen LogP contribution in [0.15, 0.2) is 42.5 Å². The van der Waals surface area contributed by atoms with Crippen LogP contribution in [0, 0.1) is 5.82 Å². The minimum absolute atomic E-state index is 0.109. The molecule has 4 rings (SSSR count). The monoisotopic (exact) mass is 385 g/mol. The zero-order valence-electron chi connectivity index (χ0n) is 14.6. The van der Waals surface area contributed by atoms with Crippen molar-refractivity contribution in [3.05, 3.63) is 59.4 Å². The number of hydrogen-bond donors (Lipinski definition) is 3. The molecule has 27 heavy (non-hydrogen) atoms. The summed E-state index contributed by atoms with van der Waals surface area (Å²) in [4.78, 5) is 24.5. The Morgan fingerprint density at radius 3 is 2.81 bits per heavy atom. The van der Waals surface area contributed by atoms with E-state index in [9.17, 15) is 14.0 Å². The van der Waals surface area contributed by atoms with Gasteiger partial charge in [-0.05, 0) is 48.7 Å². The quantitative estimate of drug-likeness (QED) is 0.713. The van der Waals surface area contributed by atoms with Gasteiger partial charge in [0.05, 0.1) is 11.4 Å². The summed E-state index contributed by atoms with van der Waals surface area (Å²) in [5.41, 5.74) is 2.85. The molecule has 7 heteroatoms. The first-order chi connectivity index (χ1) is 13.1. The predicted octanol–water partition coefficient (Wildman–Crippen LogP) is 3.38. The van der Waals surface area contributed by atoms with E-state index in [2.05, 4.69) is 16.0 Å². The van der Waals surface area contributed by atoms with Crippen molar-refractivity contribution in [2.24, 2.45) is 0 Å². The van der Waals surface area contributed by atoms with Crippen LogP contribution >= 0.6 is 11.8 Å². The van der Waals surface area contributed by atoms with E-state index in [1.807, 2.05) is 12.1 Å². The van der Waals surface area contributed by atoms with Gasteiger partial charge in [0, 0.05) is 23.1 Å². The highest BCUT2D eigenvalue weighted by Gasteiger charge is 2.27. The van der Waals surface area contributed by atoms with E-state index < -0.39 is 0 Å². The largest absolute Gasteiger partial charge is 0.371 e. The van der Waals surface area contributed by atoms with E-state index in [1.54, 1.807) is 30.0 Å². The second-order valence-electron chi connectivity index (χ2n) is 6.84. The number of carbonyl (C=O) groups is 2. The lowest BCUT2D eigenvalue weighted by atomic mass is 10.1. The van der Waals surface area contributed by atoms with Gasteiger partial charge in [0.2, 0.25) is 5.91 Å². The summed E-state index contributed by atoms with van der Waals surface area (Å²) < 4.78 is 13.2. The molecule has 1 atom stereocenters. The first kappa shape index (κ1) is 17.9. The topological polar surface area (TPSA) is 70.2 Å². The van der Waals surface area contributed by atoms with Gasteiger partial charge in [0.15, 0.2) is 0 Å². The Kier molecular flexibility index (Phi) is 5.03. The number of amides is 2. The minimum atomic E-state index is -0.373. The molecule has 1 saturated carbocycles. The number of halogens is 1. The van der Waals surface area contributed by atoms with Crippen LogP contribution < -0.4 is 16.0 Å². The first-order valence-electron chi connectivity index (χ1n) is 8.93. The maximum absolute atomic E-state index is 13.2. The fraction of sp³-hybridized carbons (Fsp3) is 0.300. The SMILES string of the molecule is O=C(NC1CC1)c1ccc2c(c1)NC(=O)C(CSCc1cccc(F)c1)N2. The van der Waals surface area contributed by atoms with Crippen LogP contribution in [-0.4, -0.2) is 29.7 Å². The Morgan fingerprint density at radius 2 is 2.04 bits per heavy atom. The lowest BCUT2D eigenvalue weighted by Crippen LogP contribution is -2.40. The predicted molar refractivity (Wildman–Crippen MR) is 106 cm³/mol.